The van der Waals surface area contributed by atoms with E-state index in [9.17, 15) is 4.79 Å². The number of aromatic nitrogens is 2. The first-order chi connectivity index (χ1) is 13.8. The molecule has 28 heavy (non-hydrogen) atoms. The highest BCUT2D eigenvalue weighted by atomic mass is 16.5. The summed E-state index contributed by atoms with van der Waals surface area (Å²) in [5.41, 5.74) is 1.16. The summed E-state index contributed by atoms with van der Waals surface area (Å²) in [6, 6.07) is 8.94. The molecule has 0 unspecified atom stereocenters. The van der Waals surface area contributed by atoms with Crippen LogP contribution in [0.2, 0.25) is 0 Å². The molecule has 1 aromatic carbocycles. The Morgan fingerprint density at radius 3 is 2.96 bits per heavy atom. The monoisotopic (exact) mass is 381 g/mol. The Morgan fingerprint density at radius 1 is 1.18 bits per heavy atom. The van der Waals surface area contributed by atoms with Crippen LogP contribution in [-0.4, -0.2) is 75.4 Å². The van der Waals surface area contributed by atoms with Crippen molar-refractivity contribution in [1.82, 2.24) is 24.7 Å². The molecule has 4 heterocycles. The standard InChI is InChI=1S/C21H27N5O2/c27-21(15-24-11-12-28-19-4-2-1-3-16(19)13-24)26-10-6-17-18(26)5-9-25(17)14-20-22-7-8-23-20/h1-4,7-8,17-18H,5-6,9-15H2,(H,22,23)/t17-,18-/m0/s1. The first-order valence-corrected chi connectivity index (χ1v) is 10.2. The van der Waals surface area contributed by atoms with Gasteiger partial charge < -0.3 is 14.6 Å². The van der Waals surface area contributed by atoms with Crippen LogP contribution in [-0.2, 0) is 17.9 Å². The van der Waals surface area contributed by atoms with Crippen molar-refractivity contribution >= 4 is 5.91 Å². The Labute approximate surface area is 165 Å². The number of ether oxygens (including phenoxy) is 1. The fourth-order valence-electron chi connectivity index (χ4n) is 4.96. The van der Waals surface area contributed by atoms with Gasteiger partial charge in [0.25, 0.3) is 0 Å². The van der Waals surface area contributed by atoms with Gasteiger partial charge in [-0.15, -0.1) is 0 Å². The minimum atomic E-state index is 0.256. The predicted molar refractivity (Wildman–Crippen MR) is 105 cm³/mol. The van der Waals surface area contributed by atoms with Crippen molar-refractivity contribution in [3.05, 3.63) is 48.0 Å². The maximum atomic E-state index is 13.1. The molecule has 3 aliphatic rings. The van der Waals surface area contributed by atoms with Crippen LogP contribution in [0.5, 0.6) is 5.75 Å². The van der Waals surface area contributed by atoms with Gasteiger partial charge in [-0.05, 0) is 18.9 Å². The fourth-order valence-corrected chi connectivity index (χ4v) is 4.96. The fraction of sp³-hybridized carbons (Fsp3) is 0.524. The van der Waals surface area contributed by atoms with Crippen LogP contribution in [0.3, 0.4) is 0 Å². The van der Waals surface area contributed by atoms with Gasteiger partial charge in [-0.2, -0.15) is 0 Å². The maximum absolute atomic E-state index is 13.1. The summed E-state index contributed by atoms with van der Waals surface area (Å²) in [7, 11) is 0. The van der Waals surface area contributed by atoms with Gasteiger partial charge in [0.05, 0.1) is 13.1 Å². The number of amides is 1. The molecule has 1 amide bonds. The minimum absolute atomic E-state index is 0.256. The van der Waals surface area contributed by atoms with Crippen molar-refractivity contribution in [2.75, 3.05) is 32.8 Å². The van der Waals surface area contributed by atoms with Crippen LogP contribution in [0.15, 0.2) is 36.7 Å². The molecule has 148 valence electrons. The number of para-hydroxylation sites is 1. The highest BCUT2D eigenvalue weighted by Crippen LogP contribution is 2.32. The molecule has 0 radical (unpaired) electrons. The van der Waals surface area contributed by atoms with Gasteiger partial charge in [0, 0.05) is 56.2 Å². The highest BCUT2D eigenvalue weighted by Gasteiger charge is 2.44. The van der Waals surface area contributed by atoms with Gasteiger partial charge in [-0.25, -0.2) is 4.98 Å². The molecule has 2 fully saturated rings. The van der Waals surface area contributed by atoms with Gasteiger partial charge in [0.1, 0.15) is 18.2 Å². The Kier molecular flexibility index (Phi) is 4.78. The van der Waals surface area contributed by atoms with E-state index in [1.54, 1.807) is 6.20 Å². The quantitative estimate of drug-likeness (QED) is 0.869. The number of carbonyl (C=O) groups excluding carboxylic acids is 1. The summed E-state index contributed by atoms with van der Waals surface area (Å²) in [6.45, 7) is 5.40. The van der Waals surface area contributed by atoms with E-state index in [2.05, 4.69) is 30.7 Å². The van der Waals surface area contributed by atoms with E-state index in [1.807, 2.05) is 24.4 Å². The number of aromatic amines is 1. The molecule has 5 rings (SSSR count). The topological polar surface area (TPSA) is 64.7 Å². The second-order valence-corrected chi connectivity index (χ2v) is 7.97. The molecule has 1 N–H and O–H groups in total. The molecule has 2 saturated heterocycles. The van der Waals surface area contributed by atoms with Crippen LogP contribution >= 0.6 is 0 Å². The zero-order valence-electron chi connectivity index (χ0n) is 16.1. The number of nitrogens with one attached hydrogen (secondary N) is 1. The number of carbonyl (C=O) groups is 1. The van der Waals surface area contributed by atoms with Gasteiger partial charge in [-0.1, -0.05) is 18.2 Å². The number of nitrogens with zero attached hydrogens (tertiary/aromatic N) is 4. The summed E-state index contributed by atoms with van der Waals surface area (Å²) >= 11 is 0. The Hall–Kier alpha value is -2.38. The van der Waals surface area contributed by atoms with E-state index < -0.39 is 0 Å². The molecular formula is C21H27N5O2. The Morgan fingerprint density at radius 2 is 2.07 bits per heavy atom. The summed E-state index contributed by atoms with van der Waals surface area (Å²) in [5.74, 6) is 2.21. The number of hydrogen-bond donors (Lipinski definition) is 1. The summed E-state index contributed by atoms with van der Waals surface area (Å²) in [6.07, 6.45) is 5.79. The smallest absolute Gasteiger partial charge is 0.237 e. The van der Waals surface area contributed by atoms with E-state index in [-0.39, 0.29) is 5.91 Å². The van der Waals surface area contributed by atoms with Gasteiger partial charge >= 0.3 is 0 Å². The van der Waals surface area contributed by atoms with Crippen molar-refractivity contribution in [1.29, 1.82) is 0 Å². The molecule has 0 spiro atoms. The lowest BCUT2D eigenvalue weighted by Gasteiger charge is -2.28. The van der Waals surface area contributed by atoms with E-state index >= 15 is 0 Å². The van der Waals surface area contributed by atoms with Crippen molar-refractivity contribution in [2.45, 2.75) is 38.0 Å². The van der Waals surface area contributed by atoms with Crippen molar-refractivity contribution < 1.29 is 9.53 Å². The first-order valence-electron chi connectivity index (χ1n) is 10.2. The number of hydrogen-bond acceptors (Lipinski definition) is 5. The van der Waals surface area contributed by atoms with Crippen LogP contribution < -0.4 is 4.74 Å². The van der Waals surface area contributed by atoms with E-state index in [4.69, 9.17) is 4.74 Å². The molecule has 7 nitrogen and oxygen atoms in total. The predicted octanol–water partition coefficient (Wildman–Crippen LogP) is 1.48. The minimum Gasteiger partial charge on any atom is -0.492 e. The van der Waals surface area contributed by atoms with Crippen LogP contribution in [0, 0.1) is 0 Å². The molecular weight excluding hydrogens is 354 g/mol. The van der Waals surface area contributed by atoms with Gasteiger partial charge in [0.15, 0.2) is 0 Å². The zero-order valence-corrected chi connectivity index (χ0v) is 16.1. The normalized spacial score (nSPS) is 25.2. The SMILES string of the molecule is O=C(CN1CCOc2ccccc2C1)N1CC[C@H]2[C@@H]1CCN2Cc1ncc[nH]1. The maximum Gasteiger partial charge on any atom is 0.237 e. The van der Waals surface area contributed by atoms with Crippen LogP contribution in [0.1, 0.15) is 24.2 Å². The van der Waals surface area contributed by atoms with Gasteiger partial charge in [-0.3, -0.25) is 14.6 Å². The number of benzene rings is 1. The Bertz CT molecular complexity index is 824. The molecule has 0 aliphatic carbocycles. The average molecular weight is 381 g/mol. The largest absolute Gasteiger partial charge is 0.492 e. The summed E-state index contributed by atoms with van der Waals surface area (Å²) < 4.78 is 5.84. The van der Waals surface area contributed by atoms with E-state index in [1.165, 1.54) is 0 Å². The number of imidazole rings is 1. The second-order valence-electron chi connectivity index (χ2n) is 7.97. The van der Waals surface area contributed by atoms with Crippen molar-refractivity contribution in [3.63, 3.8) is 0 Å². The third-order valence-corrected chi connectivity index (χ3v) is 6.31. The third-order valence-electron chi connectivity index (χ3n) is 6.31. The second kappa shape index (κ2) is 7.56. The van der Waals surface area contributed by atoms with Gasteiger partial charge in [0.2, 0.25) is 5.91 Å². The van der Waals surface area contributed by atoms with Crippen molar-refractivity contribution in [3.8, 4) is 5.75 Å². The highest BCUT2D eigenvalue weighted by molar-refractivity contribution is 5.79. The van der Waals surface area contributed by atoms with Crippen molar-refractivity contribution in [2.24, 2.45) is 0 Å². The molecule has 3 aliphatic heterocycles. The number of likely N-dealkylation sites (tertiary alicyclic amines) is 2. The number of fused-ring (bicyclic) bond motifs is 2. The third kappa shape index (κ3) is 3.40. The lowest BCUT2D eigenvalue weighted by molar-refractivity contribution is -0.133. The van der Waals surface area contributed by atoms with E-state index in [0.717, 1.165) is 62.7 Å². The lowest BCUT2D eigenvalue weighted by atomic mass is 10.1. The van der Waals surface area contributed by atoms with E-state index in [0.29, 0.717) is 25.2 Å². The Balaban J connectivity index is 1.21. The lowest BCUT2D eigenvalue weighted by Crippen LogP contribution is -2.44. The summed E-state index contributed by atoms with van der Waals surface area (Å²) in [4.78, 5) is 27.5. The van der Waals surface area contributed by atoms with Crippen LogP contribution in [0.25, 0.3) is 0 Å². The first kappa shape index (κ1) is 17.7. The molecule has 1 aromatic heterocycles. The number of H-pyrrole nitrogens is 1. The molecule has 0 saturated carbocycles. The average Bonchev–Trinajstić information content (AvgIpc) is 3.40. The molecule has 2 aromatic rings. The summed E-state index contributed by atoms with van der Waals surface area (Å²) in [5, 5.41) is 0. The number of rotatable bonds is 4. The van der Waals surface area contributed by atoms with Crippen LogP contribution in [0.4, 0.5) is 0 Å². The molecule has 7 heteroatoms. The zero-order chi connectivity index (χ0) is 18.9. The molecule has 0 bridgehead atoms. The molecule has 2 atom stereocenters.